The average Bonchev–Trinajstić information content (AvgIpc) is 3.03. The number of halogens is 3. The Hall–Kier alpha value is -2.57. The summed E-state index contributed by atoms with van der Waals surface area (Å²) in [5, 5.41) is 0. The third kappa shape index (κ3) is 3.50. The van der Waals surface area contributed by atoms with Crippen molar-refractivity contribution in [1.29, 1.82) is 0 Å². The van der Waals surface area contributed by atoms with E-state index in [0.717, 1.165) is 6.07 Å². The Balaban J connectivity index is 1.71. The van der Waals surface area contributed by atoms with E-state index in [0.29, 0.717) is 18.8 Å². The Morgan fingerprint density at radius 1 is 1.17 bits per heavy atom. The molecule has 3 rings (SSSR count). The van der Waals surface area contributed by atoms with Crippen molar-refractivity contribution in [3.8, 4) is 5.88 Å². The molecule has 24 heavy (non-hydrogen) atoms. The zero-order chi connectivity index (χ0) is 17.2. The molecule has 0 bridgehead atoms. The molecule has 1 aliphatic rings. The first kappa shape index (κ1) is 16.3. The summed E-state index contributed by atoms with van der Waals surface area (Å²) in [7, 11) is 0. The van der Waals surface area contributed by atoms with Crippen LogP contribution in [0.3, 0.4) is 0 Å². The number of alkyl halides is 3. The molecule has 1 aromatic heterocycles. The lowest BCUT2D eigenvalue weighted by Gasteiger charge is -2.19. The highest BCUT2D eigenvalue weighted by molar-refractivity contribution is 5.96. The number of aromatic nitrogens is 1. The number of likely N-dealkylation sites (tertiary alicyclic amines) is 1. The third-order valence-electron chi connectivity index (χ3n) is 3.82. The van der Waals surface area contributed by atoms with E-state index in [1.807, 2.05) is 0 Å². The van der Waals surface area contributed by atoms with Gasteiger partial charge in [-0.15, -0.1) is 0 Å². The van der Waals surface area contributed by atoms with E-state index in [4.69, 9.17) is 4.74 Å². The van der Waals surface area contributed by atoms with Gasteiger partial charge in [0, 0.05) is 25.2 Å². The molecule has 1 atom stereocenters. The Morgan fingerprint density at radius 3 is 2.62 bits per heavy atom. The number of nitrogens with zero attached hydrogens (tertiary/aromatic N) is 2. The van der Waals surface area contributed by atoms with Crippen LogP contribution in [0.4, 0.5) is 13.2 Å². The minimum Gasteiger partial charge on any atom is -0.472 e. The van der Waals surface area contributed by atoms with Crippen LogP contribution in [0.2, 0.25) is 0 Å². The van der Waals surface area contributed by atoms with Crippen LogP contribution in [0.1, 0.15) is 22.3 Å². The maximum absolute atomic E-state index is 13.1. The molecule has 0 spiro atoms. The lowest BCUT2D eigenvalue weighted by Crippen LogP contribution is -2.32. The van der Waals surface area contributed by atoms with Crippen LogP contribution >= 0.6 is 0 Å². The smallest absolute Gasteiger partial charge is 0.417 e. The van der Waals surface area contributed by atoms with Crippen molar-refractivity contribution >= 4 is 5.91 Å². The number of carbonyl (C=O) groups excluding carboxylic acids is 1. The van der Waals surface area contributed by atoms with Gasteiger partial charge in [-0.1, -0.05) is 18.2 Å². The standard InChI is InChI=1S/C17H15F3N2O2/c18-17(19,20)14-6-2-1-5-13(14)16(23)22-10-8-12(11-22)24-15-7-3-4-9-21-15/h1-7,9,12H,8,10-11H2. The molecule has 0 radical (unpaired) electrons. The van der Waals surface area contributed by atoms with Gasteiger partial charge >= 0.3 is 6.18 Å². The van der Waals surface area contributed by atoms with Crippen molar-refractivity contribution < 1.29 is 22.7 Å². The average molecular weight is 336 g/mol. The van der Waals surface area contributed by atoms with E-state index >= 15 is 0 Å². The fourth-order valence-corrected chi connectivity index (χ4v) is 2.68. The van der Waals surface area contributed by atoms with Gasteiger partial charge < -0.3 is 9.64 Å². The molecule has 1 unspecified atom stereocenters. The number of hydrogen-bond acceptors (Lipinski definition) is 3. The molecule has 1 saturated heterocycles. The van der Waals surface area contributed by atoms with E-state index in [1.165, 1.54) is 23.1 Å². The van der Waals surface area contributed by atoms with Crippen LogP contribution in [0.15, 0.2) is 48.7 Å². The monoisotopic (exact) mass is 336 g/mol. The number of rotatable bonds is 3. The molecule has 0 saturated carbocycles. The number of carbonyl (C=O) groups is 1. The van der Waals surface area contributed by atoms with Crippen LogP contribution < -0.4 is 4.74 Å². The molecule has 1 aliphatic heterocycles. The maximum Gasteiger partial charge on any atom is 0.417 e. The van der Waals surface area contributed by atoms with Crippen molar-refractivity contribution in [1.82, 2.24) is 9.88 Å². The van der Waals surface area contributed by atoms with E-state index in [9.17, 15) is 18.0 Å². The van der Waals surface area contributed by atoms with E-state index < -0.39 is 17.6 Å². The van der Waals surface area contributed by atoms with Crippen LogP contribution in [-0.4, -0.2) is 35.0 Å². The normalized spacial score (nSPS) is 17.8. The zero-order valence-electron chi connectivity index (χ0n) is 12.7. The summed E-state index contributed by atoms with van der Waals surface area (Å²) in [6.07, 6.45) is -2.69. The van der Waals surface area contributed by atoms with Crippen molar-refractivity contribution in [3.05, 3.63) is 59.8 Å². The molecule has 1 amide bonds. The first-order valence-corrected chi connectivity index (χ1v) is 7.48. The number of hydrogen-bond donors (Lipinski definition) is 0. The van der Waals surface area contributed by atoms with E-state index in [1.54, 1.807) is 24.4 Å². The summed E-state index contributed by atoms with van der Waals surface area (Å²) in [6, 6.07) is 10.1. The van der Waals surface area contributed by atoms with Crippen molar-refractivity contribution in [2.45, 2.75) is 18.7 Å². The second-order valence-corrected chi connectivity index (χ2v) is 5.49. The van der Waals surface area contributed by atoms with E-state index in [2.05, 4.69) is 4.98 Å². The predicted octanol–water partition coefficient (Wildman–Crippen LogP) is 3.39. The van der Waals surface area contributed by atoms with Crippen LogP contribution in [0, 0.1) is 0 Å². The topological polar surface area (TPSA) is 42.4 Å². The van der Waals surface area contributed by atoms with Gasteiger partial charge in [0.15, 0.2) is 0 Å². The summed E-state index contributed by atoms with van der Waals surface area (Å²) in [4.78, 5) is 17.9. The molecule has 7 heteroatoms. The van der Waals surface area contributed by atoms with Crippen molar-refractivity contribution in [3.63, 3.8) is 0 Å². The van der Waals surface area contributed by atoms with Gasteiger partial charge in [0.1, 0.15) is 6.10 Å². The van der Waals surface area contributed by atoms with Gasteiger partial charge in [0.2, 0.25) is 5.88 Å². The maximum atomic E-state index is 13.1. The Bertz CT molecular complexity index is 719. The summed E-state index contributed by atoms with van der Waals surface area (Å²) >= 11 is 0. The molecule has 1 aromatic carbocycles. The number of amides is 1. The zero-order valence-corrected chi connectivity index (χ0v) is 12.7. The van der Waals surface area contributed by atoms with Gasteiger partial charge in [0.05, 0.1) is 17.7 Å². The molecule has 1 fully saturated rings. The number of benzene rings is 1. The third-order valence-corrected chi connectivity index (χ3v) is 3.82. The minimum absolute atomic E-state index is 0.238. The number of ether oxygens (including phenoxy) is 1. The molecule has 126 valence electrons. The Morgan fingerprint density at radius 2 is 1.92 bits per heavy atom. The Kier molecular flexibility index (Phi) is 4.42. The quantitative estimate of drug-likeness (QED) is 0.863. The van der Waals surface area contributed by atoms with Gasteiger partial charge in [-0.25, -0.2) is 4.98 Å². The predicted molar refractivity (Wildman–Crippen MR) is 80.6 cm³/mol. The first-order valence-electron chi connectivity index (χ1n) is 7.48. The molecule has 0 N–H and O–H groups in total. The summed E-state index contributed by atoms with van der Waals surface area (Å²) in [6.45, 7) is 0.587. The molecule has 0 aliphatic carbocycles. The summed E-state index contributed by atoms with van der Waals surface area (Å²) in [5.41, 5.74) is -1.24. The van der Waals surface area contributed by atoms with Crippen molar-refractivity contribution in [2.75, 3.05) is 13.1 Å². The first-order chi connectivity index (χ1) is 11.4. The Labute approximate surface area is 136 Å². The second kappa shape index (κ2) is 6.51. The summed E-state index contributed by atoms with van der Waals surface area (Å²) in [5.74, 6) is -0.192. The molecule has 2 heterocycles. The highest BCUT2D eigenvalue weighted by Gasteiger charge is 2.37. The molecule has 2 aromatic rings. The van der Waals surface area contributed by atoms with Crippen LogP contribution in [0.25, 0.3) is 0 Å². The van der Waals surface area contributed by atoms with Gasteiger partial charge in [0.25, 0.3) is 5.91 Å². The van der Waals surface area contributed by atoms with E-state index in [-0.39, 0.29) is 18.2 Å². The molecule has 4 nitrogen and oxygen atoms in total. The second-order valence-electron chi connectivity index (χ2n) is 5.49. The highest BCUT2D eigenvalue weighted by Crippen LogP contribution is 2.33. The largest absolute Gasteiger partial charge is 0.472 e. The number of pyridine rings is 1. The van der Waals surface area contributed by atoms with Crippen molar-refractivity contribution in [2.24, 2.45) is 0 Å². The van der Waals surface area contributed by atoms with Gasteiger partial charge in [-0.3, -0.25) is 4.79 Å². The minimum atomic E-state index is -4.56. The molecular weight excluding hydrogens is 321 g/mol. The fraction of sp³-hybridized carbons (Fsp3) is 0.294. The SMILES string of the molecule is O=C(c1ccccc1C(F)(F)F)N1CCC(Oc2ccccn2)C1. The fourth-order valence-electron chi connectivity index (χ4n) is 2.68. The lowest BCUT2D eigenvalue weighted by molar-refractivity contribution is -0.138. The van der Waals surface area contributed by atoms with Crippen LogP contribution in [-0.2, 0) is 6.18 Å². The van der Waals surface area contributed by atoms with Gasteiger partial charge in [-0.05, 0) is 18.2 Å². The van der Waals surface area contributed by atoms with Crippen LogP contribution in [0.5, 0.6) is 5.88 Å². The summed E-state index contributed by atoms with van der Waals surface area (Å²) < 4.78 is 44.8. The molecular formula is C17H15F3N2O2. The lowest BCUT2D eigenvalue weighted by atomic mass is 10.1. The highest BCUT2D eigenvalue weighted by atomic mass is 19.4. The van der Waals surface area contributed by atoms with Gasteiger partial charge in [-0.2, -0.15) is 13.2 Å².